The van der Waals surface area contributed by atoms with Gasteiger partial charge in [0.15, 0.2) is 0 Å². The van der Waals surface area contributed by atoms with E-state index in [-0.39, 0.29) is 5.91 Å². The number of aromatic nitrogens is 2. The highest BCUT2D eigenvalue weighted by atomic mass is 16.2. The number of amides is 1. The quantitative estimate of drug-likeness (QED) is 0.610. The van der Waals surface area contributed by atoms with Gasteiger partial charge in [-0.2, -0.15) is 0 Å². The summed E-state index contributed by atoms with van der Waals surface area (Å²) in [5, 5.41) is 3.49. The van der Waals surface area contributed by atoms with Crippen molar-refractivity contribution in [1.29, 1.82) is 0 Å². The van der Waals surface area contributed by atoms with Crippen molar-refractivity contribution in [3.63, 3.8) is 0 Å². The summed E-state index contributed by atoms with van der Waals surface area (Å²) >= 11 is 0. The van der Waals surface area contributed by atoms with Gasteiger partial charge in [0.25, 0.3) is 5.91 Å². The molecule has 1 amide bonds. The highest BCUT2D eigenvalue weighted by molar-refractivity contribution is 5.92. The number of likely N-dealkylation sites (N-methyl/N-ethyl adjacent to an activating group) is 1. The zero-order valence-corrected chi connectivity index (χ0v) is 17.4. The van der Waals surface area contributed by atoms with Crippen LogP contribution >= 0.6 is 0 Å². The van der Waals surface area contributed by atoms with Crippen LogP contribution in [-0.4, -0.2) is 34.4 Å². The van der Waals surface area contributed by atoms with Crippen molar-refractivity contribution < 1.29 is 4.79 Å². The highest BCUT2D eigenvalue weighted by Gasteiger charge is 2.13. The molecule has 0 aliphatic rings. The topological polar surface area (TPSA) is 58.1 Å². The van der Waals surface area contributed by atoms with Crippen molar-refractivity contribution in [2.24, 2.45) is 0 Å². The molecule has 0 saturated heterocycles. The third-order valence-corrected chi connectivity index (χ3v) is 5.08. The Kier molecular flexibility index (Phi) is 6.95. The van der Waals surface area contributed by atoms with Crippen LogP contribution in [0.2, 0.25) is 0 Å². The van der Waals surface area contributed by atoms with Gasteiger partial charge in [-0.3, -0.25) is 9.78 Å². The summed E-state index contributed by atoms with van der Waals surface area (Å²) in [4.78, 5) is 22.8. The van der Waals surface area contributed by atoms with Gasteiger partial charge < -0.3 is 10.2 Å². The molecular weight excluding hydrogens is 360 g/mol. The number of anilines is 2. The molecule has 0 fully saturated rings. The van der Waals surface area contributed by atoms with E-state index in [2.05, 4.69) is 47.3 Å². The maximum absolute atomic E-state index is 12.7. The molecule has 5 nitrogen and oxygen atoms in total. The molecule has 2 heterocycles. The monoisotopic (exact) mass is 388 g/mol. The van der Waals surface area contributed by atoms with E-state index in [1.807, 2.05) is 25.2 Å². The Balaban J connectivity index is 1.66. The van der Waals surface area contributed by atoms with Gasteiger partial charge in [0.2, 0.25) is 0 Å². The molecule has 1 N–H and O–H groups in total. The van der Waals surface area contributed by atoms with Crippen LogP contribution in [-0.2, 0) is 19.3 Å². The number of aryl methyl sites for hydroxylation is 2. The second kappa shape index (κ2) is 9.82. The fourth-order valence-electron chi connectivity index (χ4n) is 3.29. The highest BCUT2D eigenvalue weighted by Crippen LogP contribution is 2.26. The zero-order chi connectivity index (χ0) is 20.6. The minimum absolute atomic E-state index is 0.0752. The number of hydrogen-bond acceptors (Lipinski definition) is 4. The van der Waals surface area contributed by atoms with Crippen LogP contribution in [0.5, 0.6) is 0 Å². The first kappa shape index (κ1) is 20.5. The van der Waals surface area contributed by atoms with Crippen molar-refractivity contribution in [2.75, 3.05) is 18.9 Å². The van der Waals surface area contributed by atoms with Gasteiger partial charge in [-0.15, -0.1) is 0 Å². The van der Waals surface area contributed by atoms with E-state index < -0.39 is 0 Å². The van der Waals surface area contributed by atoms with Gasteiger partial charge in [-0.1, -0.05) is 32.0 Å². The predicted octanol–water partition coefficient (Wildman–Crippen LogP) is 4.66. The summed E-state index contributed by atoms with van der Waals surface area (Å²) in [6.45, 7) is 4.94. The lowest BCUT2D eigenvalue weighted by atomic mass is 10.0. The van der Waals surface area contributed by atoms with Crippen molar-refractivity contribution in [1.82, 2.24) is 14.9 Å². The number of carbonyl (C=O) groups excluding carboxylic acids is 1. The van der Waals surface area contributed by atoms with E-state index in [0.717, 1.165) is 36.2 Å². The first-order valence-electron chi connectivity index (χ1n) is 10.1. The Morgan fingerprint density at radius 2 is 1.69 bits per heavy atom. The molecule has 0 atom stereocenters. The van der Waals surface area contributed by atoms with Gasteiger partial charge in [-0.25, -0.2) is 4.98 Å². The normalized spacial score (nSPS) is 10.6. The van der Waals surface area contributed by atoms with Crippen molar-refractivity contribution >= 4 is 17.3 Å². The number of rotatable bonds is 8. The van der Waals surface area contributed by atoms with Crippen LogP contribution in [0.25, 0.3) is 0 Å². The van der Waals surface area contributed by atoms with Gasteiger partial charge >= 0.3 is 0 Å². The lowest BCUT2D eigenvalue weighted by Gasteiger charge is -2.18. The Hall–Kier alpha value is -3.21. The molecular formula is C24H28N4O. The standard InChI is InChI=1S/C24H28N4O/c1-4-19-7-6-8-20(5-2)23(19)27-21-9-10-22(26-17-21)24(29)28(3)16-13-18-11-14-25-15-12-18/h6-12,14-15,17,27H,4-5,13,16H2,1-3H3. The Morgan fingerprint density at radius 3 is 2.28 bits per heavy atom. The molecule has 3 rings (SSSR count). The number of hydrogen-bond donors (Lipinski definition) is 1. The van der Waals surface area contributed by atoms with E-state index >= 15 is 0 Å². The molecule has 0 saturated carbocycles. The molecule has 2 aromatic heterocycles. The largest absolute Gasteiger partial charge is 0.354 e. The maximum atomic E-state index is 12.7. The lowest BCUT2D eigenvalue weighted by molar-refractivity contribution is 0.0791. The predicted molar refractivity (Wildman–Crippen MR) is 118 cm³/mol. The Morgan fingerprint density at radius 1 is 1.00 bits per heavy atom. The molecule has 1 aromatic carbocycles. The van der Waals surface area contributed by atoms with Crippen molar-refractivity contribution in [2.45, 2.75) is 33.1 Å². The molecule has 0 spiro atoms. The van der Waals surface area contributed by atoms with Crippen LogP contribution in [0.3, 0.4) is 0 Å². The van der Waals surface area contributed by atoms with E-state index in [1.165, 1.54) is 11.1 Å². The van der Waals surface area contributed by atoms with Crippen molar-refractivity contribution in [3.8, 4) is 0 Å². The van der Waals surface area contributed by atoms with Crippen LogP contribution < -0.4 is 5.32 Å². The average Bonchev–Trinajstić information content (AvgIpc) is 2.78. The molecule has 0 aliphatic carbocycles. The third kappa shape index (κ3) is 5.19. The second-order valence-electron chi connectivity index (χ2n) is 7.05. The summed E-state index contributed by atoms with van der Waals surface area (Å²) in [6, 6.07) is 14.0. The number of nitrogens with zero attached hydrogens (tertiary/aromatic N) is 3. The Labute approximate surface area is 172 Å². The number of carbonyl (C=O) groups is 1. The van der Waals surface area contributed by atoms with Crippen LogP contribution in [0, 0.1) is 0 Å². The Bertz CT molecular complexity index is 917. The second-order valence-corrected chi connectivity index (χ2v) is 7.05. The summed E-state index contributed by atoms with van der Waals surface area (Å²) in [5.74, 6) is -0.0752. The number of benzene rings is 1. The number of para-hydroxylation sites is 1. The van der Waals surface area contributed by atoms with Crippen LogP contribution in [0.4, 0.5) is 11.4 Å². The fourth-order valence-corrected chi connectivity index (χ4v) is 3.29. The van der Waals surface area contributed by atoms with Gasteiger partial charge in [0, 0.05) is 31.7 Å². The fraction of sp³-hybridized carbons (Fsp3) is 0.292. The summed E-state index contributed by atoms with van der Waals surface area (Å²) in [7, 11) is 1.81. The lowest BCUT2D eigenvalue weighted by Crippen LogP contribution is -2.29. The molecule has 5 heteroatoms. The van der Waals surface area contributed by atoms with Gasteiger partial charge in [-0.05, 0) is 60.2 Å². The zero-order valence-electron chi connectivity index (χ0n) is 17.4. The minimum Gasteiger partial charge on any atom is -0.354 e. The molecule has 29 heavy (non-hydrogen) atoms. The van der Waals surface area contributed by atoms with Gasteiger partial charge in [0.05, 0.1) is 11.9 Å². The maximum Gasteiger partial charge on any atom is 0.272 e. The minimum atomic E-state index is -0.0752. The summed E-state index contributed by atoms with van der Waals surface area (Å²) < 4.78 is 0. The molecule has 150 valence electrons. The van der Waals surface area contributed by atoms with E-state index in [9.17, 15) is 4.79 Å². The van der Waals surface area contributed by atoms with Crippen molar-refractivity contribution in [3.05, 3.63) is 83.4 Å². The first-order chi connectivity index (χ1) is 14.1. The van der Waals surface area contributed by atoms with Crippen LogP contribution in [0.15, 0.2) is 61.1 Å². The summed E-state index contributed by atoms with van der Waals surface area (Å²) in [5.41, 5.74) is 6.20. The summed E-state index contributed by atoms with van der Waals surface area (Å²) in [6.07, 6.45) is 7.98. The van der Waals surface area contributed by atoms with E-state index in [0.29, 0.717) is 12.2 Å². The first-order valence-corrected chi connectivity index (χ1v) is 10.1. The van der Waals surface area contributed by atoms with Crippen LogP contribution in [0.1, 0.15) is 41.0 Å². The molecule has 3 aromatic rings. The third-order valence-electron chi connectivity index (χ3n) is 5.08. The smallest absolute Gasteiger partial charge is 0.272 e. The number of pyridine rings is 2. The number of nitrogens with one attached hydrogen (secondary N) is 1. The van der Waals surface area contributed by atoms with E-state index in [4.69, 9.17) is 0 Å². The molecule has 0 unspecified atom stereocenters. The molecule has 0 bridgehead atoms. The molecule has 0 aliphatic heterocycles. The molecule has 0 radical (unpaired) electrons. The average molecular weight is 389 g/mol. The van der Waals surface area contributed by atoms with E-state index in [1.54, 1.807) is 29.6 Å². The SMILES string of the molecule is CCc1cccc(CC)c1Nc1ccc(C(=O)N(C)CCc2ccncc2)nc1. The van der Waals surface area contributed by atoms with Gasteiger partial charge in [0.1, 0.15) is 5.69 Å².